The fraction of sp³-hybridized carbons (Fsp3) is 0.0556. The first-order valence-corrected chi connectivity index (χ1v) is 7.29. The summed E-state index contributed by atoms with van der Waals surface area (Å²) in [4.78, 5) is 19.6. The molecule has 1 N–H and O–H groups in total. The maximum absolute atomic E-state index is 12.5. The second-order valence-corrected chi connectivity index (χ2v) is 5.17. The molecule has 7 heteroatoms. The van der Waals surface area contributed by atoms with Crippen molar-refractivity contribution >= 4 is 11.6 Å². The van der Waals surface area contributed by atoms with Gasteiger partial charge in [-0.15, -0.1) is 0 Å². The van der Waals surface area contributed by atoms with Crippen LogP contribution in [0.2, 0.25) is 0 Å². The van der Waals surface area contributed by atoms with Crippen molar-refractivity contribution in [3.05, 3.63) is 78.4 Å². The van der Waals surface area contributed by atoms with Gasteiger partial charge in [0.2, 0.25) is 0 Å². The number of alkyl halides is 3. The number of carbonyl (C=O) groups is 1. The smallest absolute Gasteiger partial charge is 0.320 e. The molecule has 0 aliphatic carbocycles. The van der Waals surface area contributed by atoms with Gasteiger partial charge in [-0.2, -0.15) is 13.2 Å². The quantitative estimate of drug-likeness (QED) is 0.766. The predicted molar refractivity (Wildman–Crippen MR) is 86.9 cm³/mol. The Hall–Kier alpha value is -3.22. The van der Waals surface area contributed by atoms with E-state index in [1.165, 1.54) is 6.20 Å². The summed E-state index contributed by atoms with van der Waals surface area (Å²) in [5, 5.41) is 2.66. The SMILES string of the molecule is O=C(Nc1cnccc1-c1ccccc1)c1ccc(C(F)(F)F)nc1. The van der Waals surface area contributed by atoms with Crippen LogP contribution >= 0.6 is 0 Å². The molecule has 0 aliphatic heterocycles. The Morgan fingerprint density at radius 1 is 0.960 bits per heavy atom. The maximum Gasteiger partial charge on any atom is 0.433 e. The molecule has 2 heterocycles. The molecule has 4 nitrogen and oxygen atoms in total. The Morgan fingerprint density at radius 3 is 2.36 bits per heavy atom. The highest BCUT2D eigenvalue weighted by atomic mass is 19.4. The summed E-state index contributed by atoms with van der Waals surface area (Å²) in [5.74, 6) is -0.564. The predicted octanol–water partition coefficient (Wildman–Crippen LogP) is 4.41. The van der Waals surface area contributed by atoms with Crippen molar-refractivity contribution in [3.63, 3.8) is 0 Å². The number of aromatic nitrogens is 2. The summed E-state index contributed by atoms with van der Waals surface area (Å²) in [6, 6.07) is 13.0. The molecule has 1 aromatic carbocycles. The largest absolute Gasteiger partial charge is 0.433 e. The molecule has 0 aliphatic rings. The van der Waals surface area contributed by atoms with Crippen LogP contribution in [0.25, 0.3) is 11.1 Å². The highest BCUT2D eigenvalue weighted by Gasteiger charge is 2.32. The van der Waals surface area contributed by atoms with Gasteiger partial charge in [0.05, 0.1) is 17.4 Å². The molecular weight excluding hydrogens is 331 g/mol. The Bertz CT molecular complexity index is 878. The molecule has 1 amide bonds. The zero-order chi connectivity index (χ0) is 17.9. The first-order valence-electron chi connectivity index (χ1n) is 7.29. The Balaban J connectivity index is 1.85. The number of nitrogens with one attached hydrogen (secondary N) is 1. The highest BCUT2D eigenvalue weighted by Crippen LogP contribution is 2.28. The van der Waals surface area contributed by atoms with E-state index < -0.39 is 17.8 Å². The number of anilines is 1. The van der Waals surface area contributed by atoms with E-state index in [-0.39, 0.29) is 5.56 Å². The third kappa shape index (κ3) is 3.82. The van der Waals surface area contributed by atoms with Crippen LogP contribution in [0.15, 0.2) is 67.1 Å². The van der Waals surface area contributed by atoms with Crippen molar-refractivity contribution in [1.29, 1.82) is 0 Å². The van der Waals surface area contributed by atoms with Gasteiger partial charge >= 0.3 is 6.18 Å². The molecule has 0 saturated carbocycles. The summed E-state index contributed by atoms with van der Waals surface area (Å²) >= 11 is 0. The molecule has 0 unspecified atom stereocenters. The normalized spacial score (nSPS) is 11.2. The molecule has 126 valence electrons. The van der Waals surface area contributed by atoms with Crippen LogP contribution in [0.4, 0.5) is 18.9 Å². The van der Waals surface area contributed by atoms with E-state index in [0.29, 0.717) is 5.69 Å². The molecule has 0 spiro atoms. The van der Waals surface area contributed by atoms with E-state index in [4.69, 9.17) is 0 Å². The van der Waals surface area contributed by atoms with Crippen LogP contribution in [0.1, 0.15) is 16.1 Å². The average molecular weight is 343 g/mol. The van der Waals surface area contributed by atoms with Crippen LogP contribution in [0, 0.1) is 0 Å². The fourth-order valence-electron chi connectivity index (χ4n) is 2.25. The summed E-state index contributed by atoms with van der Waals surface area (Å²) in [6.07, 6.45) is -0.565. The summed E-state index contributed by atoms with van der Waals surface area (Å²) in [5.41, 5.74) is 1.07. The van der Waals surface area contributed by atoms with E-state index in [1.54, 1.807) is 12.3 Å². The van der Waals surface area contributed by atoms with E-state index in [0.717, 1.165) is 29.5 Å². The molecule has 3 aromatic rings. The number of benzene rings is 1. The van der Waals surface area contributed by atoms with Gasteiger partial charge in [0.1, 0.15) is 5.69 Å². The molecule has 3 rings (SSSR count). The van der Waals surface area contributed by atoms with Gasteiger partial charge in [-0.05, 0) is 23.8 Å². The Morgan fingerprint density at radius 2 is 1.72 bits per heavy atom. The zero-order valence-corrected chi connectivity index (χ0v) is 12.8. The molecule has 25 heavy (non-hydrogen) atoms. The van der Waals surface area contributed by atoms with Crippen molar-refractivity contribution in [1.82, 2.24) is 9.97 Å². The van der Waals surface area contributed by atoms with Crippen LogP contribution in [0.3, 0.4) is 0 Å². The van der Waals surface area contributed by atoms with E-state index in [1.807, 2.05) is 30.3 Å². The van der Waals surface area contributed by atoms with Crippen molar-refractivity contribution in [2.75, 3.05) is 5.32 Å². The molecule has 0 fully saturated rings. The number of hydrogen-bond acceptors (Lipinski definition) is 3. The lowest BCUT2D eigenvalue weighted by molar-refractivity contribution is -0.141. The van der Waals surface area contributed by atoms with E-state index >= 15 is 0 Å². The number of carbonyl (C=O) groups excluding carboxylic acids is 1. The van der Waals surface area contributed by atoms with Crippen LogP contribution in [-0.4, -0.2) is 15.9 Å². The van der Waals surface area contributed by atoms with Gasteiger partial charge < -0.3 is 5.32 Å². The number of amides is 1. The van der Waals surface area contributed by atoms with Crippen LogP contribution in [0.5, 0.6) is 0 Å². The van der Waals surface area contributed by atoms with Gasteiger partial charge in [-0.1, -0.05) is 30.3 Å². The van der Waals surface area contributed by atoms with Crippen LogP contribution < -0.4 is 5.32 Å². The molecule has 0 atom stereocenters. The minimum absolute atomic E-state index is 0.0239. The number of nitrogens with zero attached hydrogens (tertiary/aromatic N) is 2. The highest BCUT2D eigenvalue weighted by molar-refractivity contribution is 6.05. The average Bonchev–Trinajstić information content (AvgIpc) is 2.62. The fourth-order valence-corrected chi connectivity index (χ4v) is 2.25. The lowest BCUT2D eigenvalue weighted by atomic mass is 10.1. The number of hydrogen-bond donors (Lipinski definition) is 1. The maximum atomic E-state index is 12.5. The molecule has 0 saturated heterocycles. The number of pyridine rings is 2. The third-order valence-corrected chi connectivity index (χ3v) is 3.47. The van der Waals surface area contributed by atoms with E-state index in [9.17, 15) is 18.0 Å². The monoisotopic (exact) mass is 343 g/mol. The third-order valence-electron chi connectivity index (χ3n) is 3.47. The van der Waals surface area contributed by atoms with Crippen molar-refractivity contribution in [3.8, 4) is 11.1 Å². The molecular formula is C18H12F3N3O. The second-order valence-electron chi connectivity index (χ2n) is 5.17. The summed E-state index contributed by atoms with van der Waals surface area (Å²) in [7, 11) is 0. The number of halogens is 3. The second kappa shape index (κ2) is 6.72. The Kier molecular flexibility index (Phi) is 4.47. The van der Waals surface area contributed by atoms with Crippen molar-refractivity contribution in [2.45, 2.75) is 6.18 Å². The lowest BCUT2D eigenvalue weighted by Crippen LogP contribution is -2.15. The van der Waals surface area contributed by atoms with Gasteiger partial charge in [-0.25, -0.2) is 0 Å². The van der Waals surface area contributed by atoms with E-state index in [2.05, 4.69) is 15.3 Å². The first kappa shape index (κ1) is 16.6. The first-order chi connectivity index (χ1) is 11.9. The minimum atomic E-state index is -4.54. The minimum Gasteiger partial charge on any atom is -0.320 e. The molecule has 2 aromatic heterocycles. The molecule has 0 radical (unpaired) electrons. The van der Waals surface area contributed by atoms with Gasteiger partial charge in [-0.3, -0.25) is 14.8 Å². The topological polar surface area (TPSA) is 54.9 Å². The zero-order valence-electron chi connectivity index (χ0n) is 12.8. The van der Waals surface area contributed by atoms with Crippen LogP contribution in [-0.2, 0) is 6.18 Å². The van der Waals surface area contributed by atoms with Gasteiger partial charge in [0.15, 0.2) is 0 Å². The lowest BCUT2D eigenvalue weighted by Gasteiger charge is -2.11. The van der Waals surface area contributed by atoms with Gasteiger partial charge in [0, 0.05) is 18.0 Å². The number of rotatable bonds is 3. The Labute approximate surface area is 141 Å². The molecule has 0 bridgehead atoms. The van der Waals surface area contributed by atoms with Gasteiger partial charge in [0.25, 0.3) is 5.91 Å². The van der Waals surface area contributed by atoms with Crippen molar-refractivity contribution < 1.29 is 18.0 Å². The standard InChI is InChI=1S/C18H12F3N3O/c19-18(20,21)16-7-6-13(10-23-16)17(25)24-15-11-22-9-8-14(15)12-4-2-1-3-5-12/h1-11H,(H,24,25). The summed E-state index contributed by atoms with van der Waals surface area (Å²) < 4.78 is 37.6. The summed E-state index contributed by atoms with van der Waals surface area (Å²) in [6.45, 7) is 0. The van der Waals surface area contributed by atoms with Crippen molar-refractivity contribution in [2.24, 2.45) is 0 Å².